The van der Waals surface area contributed by atoms with Crippen molar-refractivity contribution in [3.8, 4) is 5.75 Å². The SMILES string of the molecule is COc1ccccc1C(C)N(C)CCC(=O)Nc1cccc(F)c1. The van der Waals surface area contributed by atoms with Crippen LogP contribution in [0.15, 0.2) is 48.5 Å². The molecular formula is C19H23FN2O2. The van der Waals surface area contributed by atoms with Crippen LogP contribution in [0.2, 0.25) is 0 Å². The summed E-state index contributed by atoms with van der Waals surface area (Å²) in [5, 5.41) is 2.71. The lowest BCUT2D eigenvalue weighted by Gasteiger charge is -2.26. The number of hydrogen-bond acceptors (Lipinski definition) is 3. The Morgan fingerprint density at radius 1 is 1.25 bits per heavy atom. The maximum absolute atomic E-state index is 13.1. The van der Waals surface area contributed by atoms with E-state index in [4.69, 9.17) is 4.74 Å². The number of amides is 1. The first-order valence-electron chi connectivity index (χ1n) is 7.90. The topological polar surface area (TPSA) is 41.6 Å². The van der Waals surface area contributed by atoms with E-state index in [1.165, 1.54) is 12.1 Å². The molecule has 0 aliphatic rings. The van der Waals surface area contributed by atoms with Crippen molar-refractivity contribution >= 4 is 11.6 Å². The Morgan fingerprint density at radius 3 is 2.71 bits per heavy atom. The molecule has 2 aromatic carbocycles. The molecule has 0 saturated carbocycles. The second kappa shape index (κ2) is 8.45. The molecule has 1 amide bonds. The maximum atomic E-state index is 13.1. The smallest absolute Gasteiger partial charge is 0.225 e. The minimum atomic E-state index is -0.366. The number of carbonyl (C=O) groups is 1. The number of halogens is 1. The monoisotopic (exact) mass is 330 g/mol. The van der Waals surface area contributed by atoms with E-state index in [0.29, 0.717) is 18.7 Å². The van der Waals surface area contributed by atoms with Crippen LogP contribution in [-0.2, 0) is 4.79 Å². The predicted molar refractivity (Wildman–Crippen MR) is 93.7 cm³/mol. The Morgan fingerprint density at radius 2 is 2.00 bits per heavy atom. The second-order valence-electron chi connectivity index (χ2n) is 5.71. The number of ether oxygens (including phenoxy) is 1. The molecule has 0 heterocycles. The summed E-state index contributed by atoms with van der Waals surface area (Å²) in [6, 6.07) is 13.9. The number of rotatable bonds is 7. The van der Waals surface area contributed by atoms with Crippen LogP contribution >= 0.6 is 0 Å². The molecule has 0 aromatic heterocycles. The van der Waals surface area contributed by atoms with Gasteiger partial charge in [0.25, 0.3) is 0 Å². The zero-order valence-corrected chi connectivity index (χ0v) is 14.3. The van der Waals surface area contributed by atoms with Gasteiger partial charge in [-0.25, -0.2) is 4.39 Å². The van der Waals surface area contributed by atoms with E-state index in [0.717, 1.165) is 11.3 Å². The molecule has 1 unspecified atom stereocenters. The third-order valence-electron chi connectivity index (χ3n) is 4.05. The van der Waals surface area contributed by atoms with Crippen LogP contribution in [0.4, 0.5) is 10.1 Å². The standard InChI is InChI=1S/C19H23FN2O2/c1-14(17-9-4-5-10-18(17)24-3)22(2)12-11-19(23)21-16-8-6-7-15(20)13-16/h4-10,13-14H,11-12H2,1-3H3,(H,21,23). The van der Waals surface area contributed by atoms with E-state index in [2.05, 4.69) is 17.1 Å². The van der Waals surface area contributed by atoms with Gasteiger partial charge >= 0.3 is 0 Å². The first-order valence-corrected chi connectivity index (χ1v) is 7.90. The van der Waals surface area contributed by atoms with Crippen molar-refractivity contribution in [1.82, 2.24) is 4.90 Å². The van der Waals surface area contributed by atoms with E-state index < -0.39 is 0 Å². The summed E-state index contributed by atoms with van der Waals surface area (Å²) in [5.74, 6) is 0.329. The first kappa shape index (κ1) is 17.9. The average molecular weight is 330 g/mol. The fourth-order valence-electron chi connectivity index (χ4n) is 2.51. The highest BCUT2D eigenvalue weighted by atomic mass is 19.1. The van der Waals surface area contributed by atoms with Gasteiger partial charge in [0.1, 0.15) is 11.6 Å². The predicted octanol–water partition coefficient (Wildman–Crippen LogP) is 3.86. The van der Waals surface area contributed by atoms with Crippen LogP contribution in [0.25, 0.3) is 0 Å². The van der Waals surface area contributed by atoms with Gasteiger partial charge in [0.15, 0.2) is 0 Å². The number of anilines is 1. The largest absolute Gasteiger partial charge is 0.496 e. The third kappa shape index (κ3) is 4.80. The van der Waals surface area contributed by atoms with Crippen LogP contribution < -0.4 is 10.1 Å². The van der Waals surface area contributed by atoms with Crippen LogP contribution in [0.3, 0.4) is 0 Å². The molecular weight excluding hydrogens is 307 g/mol. The fraction of sp³-hybridized carbons (Fsp3) is 0.316. The van der Waals surface area contributed by atoms with Gasteiger partial charge in [-0.2, -0.15) is 0 Å². The minimum Gasteiger partial charge on any atom is -0.496 e. The van der Waals surface area contributed by atoms with Crippen LogP contribution in [0.5, 0.6) is 5.75 Å². The van der Waals surface area contributed by atoms with E-state index >= 15 is 0 Å². The van der Waals surface area contributed by atoms with Crippen molar-refractivity contribution in [2.45, 2.75) is 19.4 Å². The normalized spacial score (nSPS) is 12.0. The summed E-state index contributed by atoms with van der Waals surface area (Å²) in [5.41, 5.74) is 1.55. The molecule has 0 aliphatic carbocycles. The quantitative estimate of drug-likeness (QED) is 0.838. The number of methoxy groups -OCH3 is 1. The van der Waals surface area contributed by atoms with Crippen molar-refractivity contribution in [1.29, 1.82) is 0 Å². The number of nitrogens with one attached hydrogen (secondary N) is 1. The molecule has 2 aromatic rings. The highest BCUT2D eigenvalue weighted by Gasteiger charge is 2.16. The summed E-state index contributed by atoms with van der Waals surface area (Å²) in [7, 11) is 3.62. The average Bonchev–Trinajstić information content (AvgIpc) is 2.59. The second-order valence-corrected chi connectivity index (χ2v) is 5.71. The summed E-state index contributed by atoms with van der Waals surface area (Å²) in [6.07, 6.45) is 0.326. The lowest BCUT2D eigenvalue weighted by Crippen LogP contribution is -2.27. The van der Waals surface area contributed by atoms with Gasteiger partial charge in [0.05, 0.1) is 7.11 Å². The molecule has 2 rings (SSSR count). The number of hydrogen-bond donors (Lipinski definition) is 1. The van der Waals surface area contributed by atoms with Gasteiger partial charge in [0, 0.05) is 30.3 Å². The lowest BCUT2D eigenvalue weighted by molar-refractivity contribution is -0.116. The molecule has 0 saturated heterocycles. The van der Waals surface area contributed by atoms with E-state index in [-0.39, 0.29) is 17.8 Å². The molecule has 1 atom stereocenters. The number of para-hydroxylation sites is 1. The number of benzene rings is 2. The van der Waals surface area contributed by atoms with Crippen LogP contribution in [0, 0.1) is 5.82 Å². The Hall–Kier alpha value is -2.40. The van der Waals surface area contributed by atoms with Crippen molar-refractivity contribution in [2.24, 2.45) is 0 Å². The Labute approximate surface area is 142 Å². The zero-order valence-electron chi connectivity index (χ0n) is 14.3. The molecule has 0 bridgehead atoms. The van der Waals surface area contributed by atoms with Gasteiger partial charge in [-0.3, -0.25) is 9.69 Å². The summed E-state index contributed by atoms with van der Waals surface area (Å²) >= 11 is 0. The van der Waals surface area contributed by atoms with Gasteiger partial charge in [-0.1, -0.05) is 24.3 Å². The summed E-state index contributed by atoms with van der Waals surface area (Å²) in [4.78, 5) is 14.1. The van der Waals surface area contributed by atoms with Gasteiger partial charge in [0.2, 0.25) is 5.91 Å². The Kier molecular flexibility index (Phi) is 6.32. The molecule has 0 fully saturated rings. The van der Waals surface area contributed by atoms with Crippen LogP contribution in [-0.4, -0.2) is 31.5 Å². The first-order chi connectivity index (χ1) is 11.5. The molecule has 128 valence electrons. The molecule has 1 N–H and O–H groups in total. The van der Waals surface area contributed by atoms with E-state index in [9.17, 15) is 9.18 Å². The molecule has 5 heteroatoms. The number of carbonyl (C=O) groups excluding carboxylic acids is 1. The highest BCUT2D eigenvalue weighted by Crippen LogP contribution is 2.28. The Balaban J connectivity index is 1.90. The fourth-order valence-corrected chi connectivity index (χ4v) is 2.51. The van der Waals surface area contributed by atoms with Crippen molar-refractivity contribution in [3.05, 3.63) is 59.9 Å². The van der Waals surface area contributed by atoms with Crippen molar-refractivity contribution in [2.75, 3.05) is 26.0 Å². The molecule has 0 aliphatic heterocycles. The summed E-state index contributed by atoms with van der Waals surface area (Å²) < 4.78 is 18.5. The highest BCUT2D eigenvalue weighted by molar-refractivity contribution is 5.90. The third-order valence-corrected chi connectivity index (χ3v) is 4.05. The van der Waals surface area contributed by atoms with Crippen LogP contribution in [0.1, 0.15) is 24.9 Å². The Bertz CT molecular complexity index is 691. The van der Waals surface area contributed by atoms with Gasteiger partial charge in [-0.15, -0.1) is 0 Å². The molecule has 4 nitrogen and oxygen atoms in total. The number of nitrogens with zero attached hydrogens (tertiary/aromatic N) is 1. The van der Waals surface area contributed by atoms with Crippen molar-refractivity contribution in [3.63, 3.8) is 0 Å². The van der Waals surface area contributed by atoms with Gasteiger partial charge < -0.3 is 10.1 Å². The molecule has 0 spiro atoms. The molecule has 0 radical (unpaired) electrons. The van der Waals surface area contributed by atoms with E-state index in [1.54, 1.807) is 19.2 Å². The maximum Gasteiger partial charge on any atom is 0.225 e. The summed E-state index contributed by atoms with van der Waals surface area (Å²) in [6.45, 7) is 2.66. The van der Waals surface area contributed by atoms with Gasteiger partial charge in [-0.05, 0) is 38.2 Å². The lowest BCUT2D eigenvalue weighted by atomic mass is 10.1. The molecule has 24 heavy (non-hydrogen) atoms. The van der Waals surface area contributed by atoms with E-state index in [1.807, 2.05) is 31.3 Å². The zero-order chi connectivity index (χ0) is 17.5. The minimum absolute atomic E-state index is 0.114. The van der Waals surface area contributed by atoms with Crippen molar-refractivity contribution < 1.29 is 13.9 Å².